The van der Waals surface area contributed by atoms with E-state index in [2.05, 4.69) is 49.3 Å². The summed E-state index contributed by atoms with van der Waals surface area (Å²) in [5.74, 6) is 2.17. The van der Waals surface area contributed by atoms with Crippen LogP contribution in [-0.2, 0) is 6.54 Å². The van der Waals surface area contributed by atoms with Crippen molar-refractivity contribution in [1.29, 1.82) is 0 Å². The third-order valence-corrected chi connectivity index (χ3v) is 5.27. The van der Waals surface area contributed by atoms with E-state index in [4.69, 9.17) is 4.74 Å². The number of aryl methyl sites for hydroxylation is 2. The Balaban J connectivity index is 2.05. The summed E-state index contributed by atoms with van der Waals surface area (Å²) in [6.45, 7) is 13.8. The molecule has 0 spiro atoms. The Bertz CT molecular complexity index is 768. The summed E-state index contributed by atoms with van der Waals surface area (Å²) < 4.78 is 7.81. The lowest BCUT2D eigenvalue weighted by atomic mass is 9.91. The molecule has 0 bridgehead atoms. The van der Waals surface area contributed by atoms with Crippen molar-refractivity contribution in [1.82, 2.24) is 9.47 Å². The molecule has 136 valence electrons. The second-order valence-electron chi connectivity index (χ2n) is 7.49. The SMILES string of the molecule is CCOc1ccc2c(c1)c(C)c(C(=O)N1CC(C)CC(C)C1)n2CC. The molecule has 3 rings (SSSR count). The van der Waals surface area contributed by atoms with E-state index in [-0.39, 0.29) is 5.91 Å². The average Bonchev–Trinajstić information content (AvgIpc) is 2.85. The highest BCUT2D eigenvalue weighted by atomic mass is 16.5. The lowest BCUT2D eigenvalue weighted by Gasteiger charge is -2.35. The number of piperidine rings is 1. The normalized spacial score (nSPS) is 20.9. The van der Waals surface area contributed by atoms with Gasteiger partial charge in [0.2, 0.25) is 0 Å². The van der Waals surface area contributed by atoms with Crippen molar-refractivity contribution >= 4 is 16.8 Å². The number of fused-ring (bicyclic) bond motifs is 1. The highest BCUT2D eigenvalue weighted by Gasteiger charge is 2.29. The minimum Gasteiger partial charge on any atom is -0.494 e. The maximum Gasteiger partial charge on any atom is 0.270 e. The van der Waals surface area contributed by atoms with Gasteiger partial charge in [0, 0.05) is 30.5 Å². The molecule has 2 heterocycles. The molecule has 0 N–H and O–H groups in total. The van der Waals surface area contributed by atoms with Gasteiger partial charge in [-0.1, -0.05) is 13.8 Å². The van der Waals surface area contributed by atoms with Crippen LogP contribution >= 0.6 is 0 Å². The van der Waals surface area contributed by atoms with E-state index >= 15 is 0 Å². The third kappa shape index (κ3) is 3.26. The van der Waals surface area contributed by atoms with Gasteiger partial charge in [0.15, 0.2) is 0 Å². The standard InChI is InChI=1S/C21H30N2O2/c1-6-23-19-9-8-17(25-7-2)11-18(19)16(5)20(23)21(24)22-12-14(3)10-15(4)13-22/h8-9,11,14-15H,6-7,10,12-13H2,1-5H3. The first-order valence-corrected chi connectivity index (χ1v) is 9.51. The number of likely N-dealkylation sites (tertiary alicyclic amines) is 1. The molecule has 1 fully saturated rings. The summed E-state index contributed by atoms with van der Waals surface area (Å²) in [7, 11) is 0. The van der Waals surface area contributed by atoms with Crippen LogP contribution in [0.15, 0.2) is 18.2 Å². The van der Waals surface area contributed by atoms with Crippen LogP contribution in [0.1, 0.15) is 50.2 Å². The first kappa shape index (κ1) is 17.8. The topological polar surface area (TPSA) is 34.5 Å². The zero-order valence-electron chi connectivity index (χ0n) is 16.1. The molecule has 2 atom stereocenters. The average molecular weight is 342 g/mol. The lowest BCUT2D eigenvalue weighted by Crippen LogP contribution is -2.43. The van der Waals surface area contributed by atoms with Crippen LogP contribution in [0.3, 0.4) is 0 Å². The van der Waals surface area contributed by atoms with Crippen molar-refractivity contribution in [2.45, 2.75) is 47.6 Å². The molecular formula is C21H30N2O2. The van der Waals surface area contributed by atoms with Gasteiger partial charge < -0.3 is 14.2 Å². The summed E-state index contributed by atoms with van der Waals surface area (Å²) in [6.07, 6.45) is 1.21. The molecule has 1 amide bonds. The number of benzene rings is 1. The van der Waals surface area contributed by atoms with E-state index in [0.717, 1.165) is 47.5 Å². The first-order chi connectivity index (χ1) is 12.0. The molecular weight excluding hydrogens is 312 g/mol. The second kappa shape index (κ2) is 7.11. The first-order valence-electron chi connectivity index (χ1n) is 9.51. The van der Waals surface area contributed by atoms with Crippen molar-refractivity contribution in [3.05, 3.63) is 29.5 Å². The Morgan fingerprint density at radius 3 is 2.48 bits per heavy atom. The van der Waals surface area contributed by atoms with Crippen LogP contribution in [0.2, 0.25) is 0 Å². The number of rotatable bonds is 4. The van der Waals surface area contributed by atoms with Gasteiger partial charge in [-0.2, -0.15) is 0 Å². The molecule has 1 saturated heterocycles. The number of nitrogens with zero attached hydrogens (tertiary/aromatic N) is 2. The van der Waals surface area contributed by atoms with E-state index in [0.29, 0.717) is 18.4 Å². The molecule has 2 aromatic rings. The monoisotopic (exact) mass is 342 g/mol. The smallest absolute Gasteiger partial charge is 0.270 e. The number of carbonyl (C=O) groups excluding carboxylic acids is 1. The molecule has 25 heavy (non-hydrogen) atoms. The minimum absolute atomic E-state index is 0.173. The Labute approximate surface area is 150 Å². The Morgan fingerprint density at radius 1 is 1.20 bits per heavy atom. The van der Waals surface area contributed by atoms with E-state index < -0.39 is 0 Å². The quantitative estimate of drug-likeness (QED) is 0.820. The maximum absolute atomic E-state index is 13.3. The van der Waals surface area contributed by atoms with Gasteiger partial charge >= 0.3 is 0 Å². The van der Waals surface area contributed by atoms with Gasteiger partial charge in [-0.05, 0) is 62.8 Å². The zero-order valence-corrected chi connectivity index (χ0v) is 16.1. The van der Waals surface area contributed by atoms with Gasteiger partial charge in [-0.3, -0.25) is 4.79 Å². The largest absolute Gasteiger partial charge is 0.494 e. The van der Waals surface area contributed by atoms with E-state index in [1.165, 1.54) is 6.42 Å². The summed E-state index contributed by atoms with van der Waals surface area (Å²) >= 11 is 0. The minimum atomic E-state index is 0.173. The number of aromatic nitrogens is 1. The summed E-state index contributed by atoms with van der Waals surface area (Å²) in [5.41, 5.74) is 3.02. The highest BCUT2D eigenvalue weighted by molar-refractivity contribution is 6.02. The highest BCUT2D eigenvalue weighted by Crippen LogP contribution is 2.31. The molecule has 0 aliphatic carbocycles. The van der Waals surface area contributed by atoms with Gasteiger partial charge in [-0.15, -0.1) is 0 Å². The number of amides is 1. The fraction of sp³-hybridized carbons (Fsp3) is 0.571. The summed E-state index contributed by atoms with van der Waals surface area (Å²) in [4.78, 5) is 15.4. The molecule has 1 aromatic carbocycles. The van der Waals surface area contributed by atoms with Gasteiger partial charge in [0.1, 0.15) is 11.4 Å². The molecule has 0 radical (unpaired) electrons. The lowest BCUT2D eigenvalue weighted by molar-refractivity contribution is 0.0612. The molecule has 1 aliphatic heterocycles. The van der Waals surface area contributed by atoms with Gasteiger partial charge in [0.05, 0.1) is 6.61 Å². The number of ether oxygens (including phenoxy) is 1. The summed E-state index contributed by atoms with van der Waals surface area (Å²) in [5, 5.41) is 1.12. The van der Waals surface area contributed by atoms with Crippen LogP contribution in [-0.4, -0.2) is 35.1 Å². The molecule has 1 aromatic heterocycles. The Morgan fingerprint density at radius 2 is 1.88 bits per heavy atom. The van der Waals surface area contributed by atoms with Crippen molar-refractivity contribution < 1.29 is 9.53 Å². The fourth-order valence-corrected chi connectivity index (χ4v) is 4.34. The van der Waals surface area contributed by atoms with Crippen molar-refractivity contribution in [3.8, 4) is 5.75 Å². The Hall–Kier alpha value is -1.97. The molecule has 2 unspecified atom stereocenters. The third-order valence-electron chi connectivity index (χ3n) is 5.27. The van der Waals surface area contributed by atoms with Crippen LogP contribution in [0, 0.1) is 18.8 Å². The van der Waals surface area contributed by atoms with Crippen LogP contribution < -0.4 is 4.74 Å². The van der Waals surface area contributed by atoms with Crippen LogP contribution in [0.25, 0.3) is 10.9 Å². The van der Waals surface area contributed by atoms with Gasteiger partial charge in [0.25, 0.3) is 5.91 Å². The number of carbonyl (C=O) groups is 1. The molecule has 4 nitrogen and oxygen atoms in total. The number of hydrogen-bond acceptors (Lipinski definition) is 2. The fourth-order valence-electron chi connectivity index (χ4n) is 4.34. The summed E-state index contributed by atoms with van der Waals surface area (Å²) in [6, 6.07) is 6.14. The molecule has 1 aliphatic rings. The Kier molecular flexibility index (Phi) is 5.07. The van der Waals surface area contributed by atoms with Crippen molar-refractivity contribution in [3.63, 3.8) is 0 Å². The van der Waals surface area contributed by atoms with Crippen molar-refractivity contribution in [2.24, 2.45) is 11.8 Å². The number of hydrogen-bond donors (Lipinski definition) is 0. The predicted octanol–water partition coefficient (Wildman–Crippen LogP) is 4.49. The predicted molar refractivity (Wildman–Crippen MR) is 102 cm³/mol. The van der Waals surface area contributed by atoms with Gasteiger partial charge in [-0.25, -0.2) is 0 Å². The van der Waals surface area contributed by atoms with Crippen molar-refractivity contribution in [2.75, 3.05) is 19.7 Å². The van der Waals surface area contributed by atoms with E-state index in [1.54, 1.807) is 0 Å². The molecule has 4 heteroatoms. The van der Waals surface area contributed by atoms with Crippen LogP contribution in [0.4, 0.5) is 0 Å². The van der Waals surface area contributed by atoms with E-state index in [9.17, 15) is 4.79 Å². The van der Waals surface area contributed by atoms with E-state index in [1.807, 2.05) is 13.0 Å². The second-order valence-corrected chi connectivity index (χ2v) is 7.49. The van der Waals surface area contributed by atoms with Crippen LogP contribution in [0.5, 0.6) is 5.75 Å². The molecule has 0 saturated carbocycles. The zero-order chi connectivity index (χ0) is 18.1. The maximum atomic E-state index is 13.3.